The lowest BCUT2D eigenvalue weighted by Gasteiger charge is -2.31. The van der Waals surface area contributed by atoms with Crippen LogP contribution in [0.2, 0.25) is 0 Å². The summed E-state index contributed by atoms with van der Waals surface area (Å²) in [6, 6.07) is 1.35. The van der Waals surface area contributed by atoms with E-state index in [1.807, 2.05) is 16.7 Å². The van der Waals surface area contributed by atoms with Crippen LogP contribution in [0, 0.1) is 6.92 Å². The van der Waals surface area contributed by atoms with Gasteiger partial charge in [0.1, 0.15) is 11.8 Å². The Morgan fingerprint density at radius 1 is 1.29 bits per heavy atom. The van der Waals surface area contributed by atoms with Gasteiger partial charge < -0.3 is 14.2 Å². The summed E-state index contributed by atoms with van der Waals surface area (Å²) in [4.78, 5) is 28.8. The largest absolute Gasteiger partial charge is 0.469 e. The van der Waals surface area contributed by atoms with Crippen LogP contribution in [-0.4, -0.2) is 63.9 Å². The maximum Gasteiger partial charge on any atom is 0.258 e. The zero-order valence-corrected chi connectivity index (χ0v) is 13.5. The standard InChI is InChI=1S/C14H18N2O3S2/c1-10-11(2-5-19-10)13(17)16-9-21-8-12(16)14(18)15-3-6-20-7-4-15/h2,5,12H,3-4,6-9H2,1H3. The minimum atomic E-state index is -0.333. The van der Waals surface area contributed by atoms with Crippen molar-refractivity contribution in [2.45, 2.75) is 13.0 Å². The second kappa shape index (κ2) is 6.36. The number of furan rings is 1. The number of hydrogen-bond donors (Lipinski definition) is 0. The molecule has 0 spiro atoms. The summed E-state index contributed by atoms with van der Waals surface area (Å²) in [7, 11) is 0. The van der Waals surface area contributed by atoms with E-state index >= 15 is 0 Å². The van der Waals surface area contributed by atoms with Gasteiger partial charge in [0.15, 0.2) is 0 Å². The molecule has 0 saturated carbocycles. The van der Waals surface area contributed by atoms with E-state index in [1.165, 1.54) is 6.26 Å². The van der Waals surface area contributed by atoms with Crippen LogP contribution in [0.15, 0.2) is 16.7 Å². The summed E-state index contributed by atoms with van der Waals surface area (Å²) in [5.41, 5.74) is 0.560. The summed E-state index contributed by atoms with van der Waals surface area (Å²) >= 11 is 3.51. The van der Waals surface area contributed by atoms with Gasteiger partial charge in [-0.05, 0) is 13.0 Å². The highest BCUT2D eigenvalue weighted by molar-refractivity contribution is 7.99. The normalized spacial score (nSPS) is 22.6. The lowest BCUT2D eigenvalue weighted by atomic mass is 10.2. The number of nitrogens with zero attached hydrogens (tertiary/aromatic N) is 2. The molecule has 0 aromatic carbocycles. The van der Waals surface area contributed by atoms with Crippen LogP contribution < -0.4 is 0 Å². The van der Waals surface area contributed by atoms with Gasteiger partial charge in [-0.25, -0.2) is 0 Å². The molecular formula is C14H18N2O3S2. The molecule has 5 nitrogen and oxygen atoms in total. The SMILES string of the molecule is Cc1occc1C(=O)N1CSCC1C(=O)N1CCSCC1. The van der Waals surface area contributed by atoms with Crippen molar-refractivity contribution >= 4 is 35.3 Å². The summed E-state index contributed by atoms with van der Waals surface area (Å²) in [5, 5.41) is 0. The number of amides is 2. The molecule has 7 heteroatoms. The molecule has 3 heterocycles. The van der Waals surface area contributed by atoms with E-state index in [0.717, 1.165) is 24.6 Å². The molecule has 1 aromatic rings. The Hall–Kier alpha value is -1.08. The first kappa shape index (κ1) is 14.8. The van der Waals surface area contributed by atoms with Crippen LogP contribution in [-0.2, 0) is 4.79 Å². The molecule has 114 valence electrons. The Morgan fingerprint density at radius 2 is 2.05 bits per heavy atom. The lowest BCUT2D eigenvalue weighted by Crippen LogP contribution is -2.51. The fourth-order valence-corrected chi connectivity index (χ4v) is 4.65. The van der Waals surface area contributed by atoms with Gasteiger partial charge in [0.2, 0.25) is 5.91 Å². The average molecular weight is 326 g/mol. The fourth-order valence-electron chi connectivity index (χ4n) is 2.60. The summed E-state index contributed by atoms with van der Waals surface area (Å²) in [6.07, 6.45) is 1.52. The van der Waals surface area contributed by atoms with E-state index in [4.69, 9.17) is 4.42 Å². The highest BCUT2D eigenvalue weighted by Gasteiger charge is 2.38. The van der Waals surface area contributed by atoms with E-state index in [0.29, 0.717) is 23.0 Å². The molecule has 21 heavy (non-hydrogen) atoms. The molecule has 3 rings (SSSR count). The molecule has 0 aliphatic carbocycles. The first-order valence-electron chi connectivity index (χ1n) is 6.98. The van der Waals surface area contributed by atoms with Crippen LogP contribution in [0.3, 0.4) is 0 Å². The molecule has 2 amide bonds. The van der Waals surface area contributed by atoms with Crippen molar-refractivity contribution in [1.82, 2.24) is 9.80 Å². The van der Waals surface area contributed by atoms with Crippen molar-refractivity contribution in [2.24, 2.45) is 0 Å². The number of rotatable bonds is 2. The van der Waals surface area contributed by atoms with E-state index in [1.54, 1.807) is 29.7 Å². The third kappa shape index (κ3) is 2.94. The molecule has 2 saturated heterocycles. The molecule has 1 aromatic heterocycles. The van der Waals surface area contributed by atoms with E-state index in [2.05, 4.69) is 0 Å². The molecule has 1 unspecified atom stereocenters. The van der Waals surface area contributed by atoms with Crippen LogP contribution in [0.25, 0.3) is 0 Å². The summed E-state index contributed by atoms with van der Waals surface area (Å²) in [5.74, 6) is 3.83. The third-order valence-electron chi connectivity index (χ3n) is 3.84. The molecule has 2 aliphatic rings. The Labute approximate surface area is 132 Å². The number of carbonyl (C=O) groups excluding carboxylic acids is 2. The summed E-state index contributed by atoms with van der Waals surface area (Å²) in [6.45, 7) is 3.35. The van der Waals surface area contributed by atoms with Crippen LogP contribution in [0.1, 0.15) is 16.1 Å². The van der Waals surface area contributed by atoms with Gasteiger partial charge in [0.25, 0.3) is 5.91 Å². The molecule has 0 N–H and O–H groups in total. The Balaban J connectivity index is 1.74. The first-order chi connectivity index (χ1) is 10.2. The van der Waals surface area contributed by atoms with Gasteiger partial charge in [-0.1, -0.05) is 0 Å². The minimum Gasteiger partial charge on any atom is -0.469 e. The molecule has 0 bridgehead atoms. The summed E-state index contributed by atoms with van der Waals surface area (Å²) < 4.78 is 5.20. The van der Waals surface area contributed by atoms with Crippen molar-refractivity contribution in [3.05, 3.63) is 23.7 Å². The number of aryl methyl sites for hydroxylation is 1. The highest BCUT2D eigenvalue weighted by atomic mass is 32.2. The molecular weight excluding hydrogens is 308 g/mol. The maximum atomic E-state index is 12.7. The predicted octanol–water partition coefficient (Wildman–Crippen LogP) is 1.68. The van der Waals surface area contributed by atoms with E-state index in [9.17, 15) is 9.59 Å². The monoisotopic (exact) mass is 326 g/mol. The van der Waals surface area contributed by atoms with Crippen LogP contribution in [0.4, 0.5) is 0 Å². The van der Waals surface area contributed by atoms with Crippen molar-refractivity contribution in [1.29, 1.82) is 0 Å². The number of thioether (sulfide) groups is 2. The fraction of sp³-hybridized carbons (Fsp3) is 0.571. The molecule has 2 aliphatic heterocycles. The van der Waals surface area contributed by atoms with E-state index in [-0.39, 0.29) is 17.9 Å². The minimum absolute atomic E-state index is 0.0924. The zero-order valence-electron chi connectivity index (χ0n) is 11.9. The van der Waals surface area contributed by atoms with Gasteiger partial charge in [-0.15, -0.1) is 11.8 Å². The van der Waals surface area contributed by atoms with Gasteiger partial charge in [-0.2, -0.15) is 11.8 Å². The van der Waals surface area contributed by atoms with Gasteiger partial charge in [0, 0.05) is 30.3 Å². The van der Waals surface area contributed by atoms with Gasteiger partial charge >= 0.3 is 0 Å². The maximum absolute atomic E-state index is 12.7. The smallest absolute Gasteiger partial charge is 0.258 e. The van der Waals surface area contributed by atoms with Crippen LogP contribution in [0.5, 0.6) is 0 Å². The second-order valence-corrected chi connectivity index (χ2v) is 7.34. The Bertz CT molecular complexity index is 540. The Kier molecular flexibility index (Phi) is 4.49. The zero-order chi connectivity index (χ0) is 14.8. The molecule has 1 atom stereocenters. The topological polar surface area (TPSA) is 53.8 Å². The third-order valence-corrected chi connectivity index (χ3v) is 5.79. The Morgan fingerprint density at radius 3 is 2.71 bits per heavy atom. The second-order valence-electron chi connectivity index (χ2n) is 5.12. The van der Waals surface area contributed by atoms with Crippen molar-refractivity contribution in [3.63, 3.8) is 0 Å². The predicted molar refractivity (Wildman–Crippen MR) is 84.6 cm³/mol. The quantitative estimate of drug-likeness (QED) is 0.828. The van der Waals surface area contributed by atoms with Crippen molar-refractivity contribution < 1.29 is 14.0 Å². The lowest BCUT2D eigenvalue weighted by molar-refractivity contribution is -0.134. The van der Waals surface area contributed by atoms with Crippen LogP contribution >= 0.6 is 23.5 Å². The van der Waals surface area contributed by atoms with Crippen molar-refractivity contribution in [2.75, 3.05) is 36.2 Å². The highest BCUT2D eigenvalue weighted by Crippen LogP contribution is 2.26. The number of carbonyl (C=O) groups is 2. The average Bonchev–Trinajstić information content (AvgIpc) is 3.15. The molecule has 2 fully saturated rings. The van der Waals surface area contributed by atoms with Gasteiger partial charge in [-0.3, -0.25) is 9.59 Å². The van der Waals surface area contributed by atoms with Gasteiger partial charge in [0.05, 0.1) is 17.7 Å². The van der Waals surface area contributed by atoms with E-state index < -0.39 is 0 Å². The first-order valence-corrected chi connectivity index (χ1v) is 9.29. The molecule has 0 radical (unpaired) electrons. The number of hydrogen-bond acceptors (Lipinski definition) is 5. The van der Waals surface area contributed by atoms with Crippen molar-refractivity contribution in [3.8, 4) is 0 Å².